The Morgan fingerprint density at radius 1 is 0.971 bits per heavy atom. The molecule has 0 radical (unpaired) electrons. The molecule has 0 unspecified atom stereocenters. The molecule has 3 aromatic carbocycles. The molecule has 0 atom stereocenters. The minimum atomic E-state index is -4.06. The van der Waals surface area contributed by atoms with Gasteiger partial charge < -0.3 is 10.1 Å². The van der Waals surface area contributed by atoms with E-state index in [-0.39, 0.29) is 16.7 Å². The Morgan fingerprint density at radius 2 is 1.59 bits per heavy atom. The number of anilines is 2. The van der Waals surface area contributed by atoms with Crippen molar-refractivity contribution in [2.75, 3.05) is 16.2 Å². The Labute approximate surface area is 199 Å². The summed E-state index contributed by atoms with van der Waals surface area (Å²) in [6, 6.07) is 18.4. The standard InChI is InChI=1S/C26H27FN2O4S/c1-19-6-16-25(17-7-19)34(31,32)29(22-12-8-20(27)9-13-22)18-26(30)28-21-10-14-24(15-11-21)33-23-4-2-3-5-23/h6-17,23H,2-5,18H2,1H3,(H,28,30). The largest absolute Gasteiger partial charge is 0.490 e. The van der Waals surface area contributed by atoms with Crippen LogP contribution in [0, 0.1) is 12.7 Å². The molecule has 1 N–H and O–H groups in total. The van der Waals surface area contributed by atoms with Gasteiger partial charge in [-0.1, -0.05) is 17.7 Å². The minimum absolute atomic E-state index is 0.0450. The summed E-state index contributed by atoms with van der Waals surface area (Å²) in [6.45, 7) is 1.38. The third-order valence-electron chi connectivity index (χ3n) is 5.75. The van der Waals surface area contributed by atoms with Crippen LogP contribution in [-0.2, 0) is 14.8 Å². The van der Waals surface area contributed by atoms with Crippen molar-refractivity contribution >= 4 is 27.3 Å². The van der Waals surface area contributed by atoms with Gasteiger partial charge in [-0.25, -0.2) is 12.8 Å². The number of amides is 1. The van der Waals surface area contributed by atoms with E-state index in [1.54, 1.807) is 36.4 Å². The first-order valence-electron chi connectivity index (χ1n) is 11.2. The van der Waals surface area contributed by atoms with Gasteiger partial charge in [-0.2, -0.15) is 0 Å². The third kappa shape index (κ3) is 5.75. The molecule has 0 heterocycles. The van der Waals surface area contributed by atoms with E-state index in [1.807, 2.05) is 6.92 Å². The summed E-state index contributed by atoms with van der Waals surface area (Å²) in [4.78, 5) is 12.9. The number of carbonyl (C=O) groups is 1. The van der Waals surface area contributed by atoms with Gasteiger partial charge >= 0.3 is 0 Å². The van der Waals surface area contributed by atoms with E-state index in [0.717, 1.165) is 40.6 Å². The second kappa shape index (κ2) is 10.3. The van der Waals surface area contributed by atoms with Gasteiger partial charge in [0.2, 0.25) is 5.91 Å². The fourth-order valence-corrected chi connectivity index (χ4v) is 5.33. The zero-order valence-electron chi connectivity index (χ0n) is 18.9. The maximum Gasteiger partial charge on any atom is 0.264 e. The first-order chi connectivity index (χ1) is 16.3. The van der Waals surface area contributed by atoms with Crippen molar-refractivity contribution in [3.05, 3.63) is 84.2 Å². The molecule has 1 aliphatic rings. The van der Waals surface area contributed by atoms with Crippen molar-refractivity contribution in [2.24, 2.45) is 0 Å². The van der Waals surface area contributed by atoms with Gasteiger partial charge in [0.05, 0.1) is 16.7 Å². The number of rotatable bonds is 8. The molecule has 0 aliphatic heterocycles. The highest BCUT2D eigenvalue weighted by Crippen LogP contribution is 2.26. The molecule has 1 saturated carbocycles. The number of benzene rings is 3. The maximum absolute atomic E-state index is 13.5. The number of aryl methyl sites for hydroxylation is 1. The molecule has 34 heavy (non-hydrogen) atoms. The van der Waals surface area contributed by atoms with Crippen molar-refractivity contribution in [1.82, 2.24) is 0 Å². The molecule has 3 aromatic rings. The predicted octanol–water partition coefficient (Wildman–Crippen LogP) is 5.29. The Hall–Kier alpha value is -3.39. The summed E-state index contributed by atoms with van der Waals surface area (Å²) in [6.07, 6.45) is 4.68. The lowest BCUT2D eigenvalue weighted by atomic mass is 10.2. The van der Waals surface area contributed by atoms with Gasteiger partial charge in [-0.15, -0.1) is 0 Å². The number of nitrogens with one attached hydrogen (secondary N) is 1. The highest BCUT2D eigenvalue weighted by molar-refractivity contribution is 7.92. The molecule has 6 nitrogen and oxygen atoms in total. The quantitative estimate of drug-likeness (QED) is 0.473. The number of ether oxygens (including phenoxy) is 1. The van der Waals surface area contributed by atoms with Crippen LogP contribution in [0.5, 0.6) is 5.75 Å². The van der Waals surface area contributed by atoms with Gasteiger partial charge in [0.1, 0.15) is 18.1 Å². The number of hydrogen-bond donors (Lipinski definition) is 1. The molecule has 0 saturated heterocycles. The molecule has 8 heteroatoms. The highest BCUT2D eigenvalue weighted by Gasteiger charge is 2.27. The molecular formula is C26H27FN2O4S. The maximum atomic E-state index is 13.5. The molecule has 178 valence electrons. The van der Waals surface area contributed by atoms with Crippen LogP contribution in [0.25, 0.3) is 0 Å². The minimum Gasteiger partial charge on any atom is -0.490 e. The van der Waals surface area contributed by atoms with Crippen molar-refractivity contribution in [2.45, 2.75) is 43.6 Å². The summed E-state index contributed by atoms with van der Waals surface area (Å²) in [5.74, 6) is -0.287. The van der Waals surface area contributed by atoms with Crippen molar-refractivity contribution in [1.29, 1.82) is 0 Å². The van der Waals surface area contributed by atoms with Crippen LogP contribution in [0.1, 0.15) is 31.2 Å². The van der Waals surface area contributed by atoms with E-state index >= 15 is 0 Å². The molecule has 0 spiro atoms. The van der Waals surface area contributed by atoms with Crippen molar-refractivity contribution < 1.29 is 22.3 Å². The van der Waals surface area contributed by atoms with Crippen molar-refractivity contribution in [3.8, 4) is 5.75 Å². The van der Waals surface area contributed by atoms with E-state index in [0.29, 0.717) is 5.69 Å². The highest BCUT2D eigenvalue weighted by atomic mass is 32.2. The monoisotopic (exact) mass is 482 g/mol. The fourth-order valence-electron chi connectivity index (χ4n) is 3.91. The summed E-state index contributed by atoms with van der Waals surface area (Å²) in [5.41, 5.74) is 1.62. The van der Waals surface area contributed by atoms with E-state index < -0.39 is 28.3 Å². The first kappa shape index (κ1) is 23.8. The number of hydrogen-bond acceptors (Lipinski definition) is 4. The zero-order valence-corrected chi connectivity index (χ0v) is 19.7. The van der Waals surface area contributed by atoms with Crippen LogP contribution in [0.15, 0.2) is 77.7 Å². The lowest BCUT2D eigenvalue weighted by molar-refractivity contribution is -0.114. The van der Waals surface area contributed by atoms with Gasteiger partial charge in [0.15, 0.2) is 0 Å². The zero-order chi connectivity index (χ0) is 24.1. The van der Waals surface area contributed by atoms with E-state index in [1.165, 1.54) is 37.1 Å². The van der Waals surface area contributed by atoms with Gasteiger partial charge in [0.25, 0.3) is 10.0 Å². The summed E-state index contributed by atoms with van der Waals surface area (Å²) < 4.78 is 47.1. The van der Waals surface area contributed by atoms with Gasteiger partial charge in [0, 0.05) is 5.69 Å². The van der Waals surface area contributed by atoms with Crippen LogP contribution < -0.4 is 14.4 Å². The average Bonchev–Trinajstić information content (AvgIpc) is 3.33. The summed E-state index contributed by atoms with van der Waals surface area (Å²) >= 11 is 0. The number of halogens is 1. The Kier molecular flexibility index (Phi) is 7.17. The topological polar surface area (TPSA) is 75.7 Å². The normalized spacial score (nSPS) is 14.1. The number of sulfonamides is 1. The van der Waals surface area contributed by atoms with E-state index in [4.69, 9.17) is 4.74 Å². The average molecular weight is 483 g/mol. The van der Waals surface area contributed by atoms with E-state index in [9.17, 15) is 17.6 Å². The second-order valence-electron chi connectivity index (χ2n) is 8.40. The van der Waals surface area contributed by atoms with Gasteiger partial charge in [-0.05, 0) is 93.3 Å². The molecular weight excluding hydrogens is 455 g/mol. The number of carbonyl (C=O) groups excluding carboxylic acids is 1. The molecule has 1 aliphatic carbocycles. The second-order valence-corrected chi connectivity index (χ2v) is 10.3. The van der Waals surface area contributed by atoms with E-state index in [2.05, 4.69) is 5.32 Å². The predicted molar refractivity (Wildman–Crippen MR) is 130 cm³/mol. The Balaban J connectivity index is 1.51. The van der Waals surface area contributed by atoms with Gasteiger partial charge in [-0.3, -0.25) is 9.10 Å². The Morgan fingerprint density at radius 3 is 2.21 bits per heavy atom. The molecule has 1 fully saturated rings. The van der Waals surface area contributed by atoms with Crippen LogP contribution in [0.4, 0.5) is 15.8 Å². The molecule has 0 aromatic heterocycles. The van der Waals surface area contributed by atoms with Crippen LogP contribution >= 0.6 is 0 Å². The smallest absolute Gasteiger partial charge is 0.264 e. The Bertz CT molecular complexity index is 1220. The lowest BCUT2D eigenvalue weighted by Gasteiger charge is -2.24. The SMILES string of the molecule is Cc1ccc(S(=O)(=O)N(CC(=O)Nc2ccc(OC3CCCC3)cc2)c2ccc(F)cc2)cc1. The van der Waals surface area contributed by atoms with Crippen molar-refractivity contribution in [3.63, 3.8) is 0 Å². The first-order valence-corrected chi connectivity index (χ1v) is 12.7. The third-order valence-corrected chi connectivity index (χ3v) is 7.54. The van der Waals surface area contributed by atoms with Crippen LogP contribution in [0.3, 0.4) is 0 Å². The van der Waals surface area contributed by atoms with Crippen LogP contribution in [-0.4, -0.2) is 27.0 Å². The summed E-state index contributed by atoms with van der Waals surface area (Å²) in [5, 5.41) is 2.73. The molecule has 4 rings (SSSR count). The summed E-state index contributed by atoms with van der Waals surface area (Å²) in [7, 11) is -4.06. The number of nitrogens with zero attached hydrogens (tertiary/aromatic N) is 1. The fraction of sp³-hybridized carbons (Fsp3) is 0.269. The van der Waals surface area contributed by atoms with Crippen LogP contribution in [0.2, 0.25) is 0 Å². The molecule has 1 amide bonds. The lowest BCUT2D eigenvalue weighted by Crippen LogP contribution is -2.38. The molecule has 0 bridgehead atoms.